The second-order valence-corrected chi connectivity index (χ2v) is 7.82. The number of ether oxygens (including phenoxy) is 1. The van der Waals surface area contributed by atoms with Gasteiger partial charge in [0.05, 0.1) is 23.2 Å². The average molecular weight is 495 g/mol. The Hall–Kier alpha value is -2.91. The lowest BCUT2D eigenvalue weighted by Gasteiger charge is -2.17. The molecular formula is C20H17BrClN3O5. The number of rotatable bonds is 6. The van der Waals surface area contributed by atoms with Crippen LogP contribution < -0.4 is 10.7 Å². The van der Waals surface area contributed by atoms with Gasteiger partial charge in [-0.05, 0) is 30.3 Å². The van der Waals surface area contributed by atoms with E-state index in [-0.39, 0.29) is 13.0 Å². The highest BCUT2D eigenvalue weighted by Crippen LogP contribution is 2.25. The molecule has 8 nitrogen and oxygen atoms in total. The normalized spacial score (nSPS) is 15.6. The SMILES string of the molecule is O=C(COC(=O)[C@@H]1CC(=O)N(NC(=O)c2ccccc2)C1)Nc1ccc(Br)cc1Cl. The van der Waals surface area contributed by atoms with Crippen molar-refractivity contribution in [2.45, 2.75) is 6.42 Å². The van der Waals surface area contributed by atoms with Crippen molar-refractivity contribution in [3.8, 4) is 0 Å². The second kappa shape index (κ2) is 9.73. The number of carbonyl (C=O) groups excluding carboxylic acids is 4. The van der Waals surface area contributed by atoms with Gasteiger partial charge in [0.15, 0.2) is 6.61 Å². The summed E-state index contributed by atoms with van der Waals surface area (Å²) in [6, 6.07) is 13.3. The Morgan fingerprint density at radius 2 is 1.90 bits per heavy atom. The minimum Gasteiger partial charge on any atom is -0.455 e. The first-order valence-electron chi connectivity index (χ1n) is 8.91. The van der Waals surface area contributed by atoms with Crippen molar-refractivity contribution in [2.75, 3.05) is 18.5 Å². The van der Waals surface area contributed by atoms with Gasteiger partial charge in [-0.15, -0.1) is 0 Å². The number of hydrogen-bond acceptors (Lipinski definition) is 5. The fourth-order valence-corrected chi connectivity index (χ4v) is 3.50. The maximum Gasteiger partial charge on any atom is 0.311 e. The van der Waals surface area contributed by atoms with Crippen LogP contribution in [0.4, 0.5) is 5.69 Å². The Labute approximate surface area is 185 Å². The molecule has 1 atom stereocenters. The summed E-state index contributed by atoms with van der Waals surface area (Å²) in [4.78, 5) is 48.5. The molecule has 1 fully saturated rings. The summed E-state index contributed by atoms with van der Waals surface area (Å²) in [6.45, 7) is -0.553. The molecule has 1 saturated heterocycles. The summed E-state index contributed by atoms with van der Waals surface area (Å²) in [5, 5.41) is 3.96. The molecule has 0 aliphatic carbocycles. The number of carbonyl (C=O) groups is 4. The van der Waals surface area contributed by atoms with Crippen LogP contribution in [0.2, 0.25) is 5.02 Å². The number of nitrogens with one attached hydrogen (secondary N) is 2. The first-order valence-corrected chi connectivity index (χ1v) is 10.1. The maximum absolute atomic E-state index is 12.2. The van der Waals surface area contributed by atoms with E-state index in [1.54, 1.807) is 48.5 Å². The molecule has 0 unspecified atom stereocenters. The van der Waals surface area contributed by atoms with Crippen LogP contribution in [0.3, 0.4) is 0 Å². The van der Waals surface area contributed by atoms with Gasteiger partial charge < -0.3 is 10.1 Å². The molecule has 30 heavy (non-hydrogen) atoms. The molecule has 2 N–H and O–H groups in total. The molecule has 3 amide bonds. The van der Waals surface area contributed by atoms with E-state index in [0.717, 1.165) is 9.48 Å². The van der Waals surface area contributed by atoms with E-state index in [2.05, 4.69) is 26.7 Å². The van der Waals surface area contributed by atoms with E-state index < -0.39 is 36.2 Å². The molecule has 156 valence electrons. The highest BCUT2D eigenvalue weighted by atomic mass is 79.9. The van der Waals surface area contributed by atoms with Gasteiger partial charge in [0.1, 0.15) is 0 Å². The zero-order valence-electron chi connectivity index (χ0n) is 15.6. The molecule has 0 spiro atoms. The molecule has 1 aliphatic rings. The third kappa shape index (κ3) is 5.58. The van der Waals surface area contributed by atoms with E-state index in [0.29, 0.717) is 16.3 Å². The lowest BCUT2D eigenvalue weighted by molar-refractivity contribution is -0.151. The van der Waals surface area contributed by atoms with Crippen molar-refractivity contribution in [2.24, 2.45) is 5.92 Å². The number of anilines is 1. The van der Waals surface area contributed by atoms with Crippen LogP contribution in [-0.4, -0.2) is 41.9 Å². The number of hydrogen-bond donors (Lipinski definition) is 2. The molecular weight excluding hydrogens is 478 g/mol. The van der Waals surface area contributed by atoms with Crippen molar-refractivity contribution in [3.05, 3.63) is 63.6 Å². The fourth-order valence-electron chi connectivity index (χ4n) is 2.78. The van der Waals surface area contributed by atoms with Crippen LogP contribution in [0.15, 0.2) is 53.0 Å². The number of halogens is 2. The second-order valence-electron chi connectivity index (χ2n) is 6.49. The van der Waals surface area contributed by atoms with Gasteiger partial charge in [-0.1, -0.05) is 45.7 Å². The predicted molar refractivity (Wildman–Crippen MR) is 112 cm³/mol. The van der Waals surface area contributed by atoms with Crippen molar-refractivity contribution in [3.63, 3.8) is 0 Å². The van der Waals surface area contributed by atoms with Gasteiger partial charge in [0, 0.05) is 16.5 Å². The number of benzene rings is 2. The van der Waals surface area contributed by atoms with Gasteiger partial charge in [-0.25, -0.2) is 0 Å². The molecule has 0 radical (unpaired) electrons. The molecule has 0 aromatic heterocycles. The smallest absolute Gasteiger partial charge is 0.311 e. The molecule has 0 saturated carbocycles. The standard InChI is InChI=1S/C20H17BrClN3O5/c21-14-6-7-16(15(22)9-14)23-17(26)11-30-20(29)13-8-18(27)25(10-13)24-19(28)12-4-2-1-3-5-12/h1-7,9,13H,8,10-11H2,(H,23,26)(H,24,28)/t13-/m1/s1. The first kappa shape index (κ1) is 21.8. The molecule has 2 aromatic rings. The highest BCUT2D eigenvalue weighted by molar-refractivity contribution is 9.10. The lowest BCUT2D eigenvalue weighted by atomic mass is 10.1. The van der Waals surface area contributed by atoms with E-state index >= 15 is 0 Å². The lowest BCUT2D eigenvalue weighted by Crippen LogP contribution is -2.43. The van der Waals surface area contributed by atoms with Crippen molar-refractivity contribution in [1.29, 1.82) is 0 Å². The average Bonchev–Trinajstić information content (AvgIpc) is 3.09. The van der Waals surface area contributed by atoms with Crippen molar-refractivity contribution < 1.29 is 23.9 Å². The fraction of sp³-hybridized carbons (Fsp3) is 0.200. The van der Waals surface area contributed by atoms with Gasteiger partial charge in [-0.2, -0.15) is 0 Å². The number of amides is 3. The minimum atomic E-state index is -0.780. The van der Waals surface area contributed by atoms with E-state index in [9.17, 15) is 19.2 Å². The zero-order valence-corrected chi connectivity index (χ0v) is 17.9. The summed E-state index contributed by atoms with van der Waals surface area (Å²) in [5.74, 6) is -2.91. The topological polar surface area (TPSA) is 105 Å². The third-order valence-electron chi connectivity index (χ3n) is 4.28. The zero-order chi connectivity index (χ0) is 21.7. The van der Waals surface area contributed by atoms with E-state index in [4.69, 9.17) is 16.3 Å². The Morgan fingerprint density at radius 1 is 1.17 bits per heavy atom. The van der Waals surface area contributed by atoms with Crippen LogP contribution in [0.25, 0.3) is 0 Å². The Kier molecular flexibility index (Phi) is 7.07. The van der Waals surface area contributed by atoms with Crippen molar-refractivity contribution >= 4 is 56.9 Å². The first-order chi connectivity index (χ1) is 14.3. The Bertz CT molecular complexity index is 986. The number of nitrogens with zero attached hydrogens (tertiary/aromatic N) is 1. The van der Waals surface area contributed by atoms with Gasteiger partial charge in [0.25, 0.3) is 11.8 Å². The van der Waals surface area contributed by atoms with Crippen LogP contribution in [0.1, 0.15) is 16.8 Å². The largest absolute Gasteiger partial charge is 0.455 e. The minimum absolute atomic E-state index is 0.0313. The summed E-state index contributed by atoms with van der Waals surface area (Å²) in [5.41, 5.74) is 3.25. The predicted octanol–water partition coefficient (Wildman–Crippen LogP) is 2.78. The van der Waals surface area contributed by atoms with Crippen LogP contribution in [-0.2, 0) is 19.1 Å². The summed E-state index contributed by atoms with van der Waals surface area (Å²) in [6.07, 6.45) is -0.117. The van der Waals surface area contributed by atoms with Crippen LogP contribution in [0, 0.1) is 5.92 Å². The van der Waals surface area contributed by atoms with E-state index in [1.807, 2.05) is 0 Å². The summed E-state index contributed by atoms with van der Waals surface area (Å²) < 4.78 is 5.77. The third-order valence-corrected chi connectivity index (χ3v) is 5.09. The molecule has 1 aliphatic heterocycles. The Balaban J connectivity index is 1.48. The van der Waals surface area contributed by atoms with Gasteiger partial charge in [-0.3, -0.25) is 29.6 Å². The quantitative estimate of drug-likeness (QED) is 0.601. The molecule has 1 heterocycles. The molecule has 10 heteroatoms. The van der Waals surface area contributed by atoms with E-state index in [1.165, 1.54) is 0 Å². The molecule has 3 rings (SSSR count). The summed E-state index contributed by atoms with van der Waals surface area (Å²) >= 11 is 9.29. The summed E-state index contributed by atoms with van der Waals surface area (Å²) in [7, 11) is 0. The van der Waals surface area contributed by atoms with Crippen molar-refractivity contribution in [1.82, 2.24) is 10.4 Å². The number of hydrazine groups is 1. The highest BCUT2D eigenvalue weighted by Gasteiger charge is 2.36. The van der Waals surface area contributed by atoms with Crippen LogP contribution >= 0.6 is 27.5 Å². The number of esters is 1. The maximum atomic E-state index is 12.2. The Morgan fingerprint density at radius 3 is 2.60 bits per heavy atom. The molecule has 2 aromatic carbocycles. The monoisotopic (exact) mass is 493 g/mol. The van der Waals surface area contributed by atoms with Crippen LogP contribution in [0.5, 0.6) is 0 Å². The molecule has 0 bridgehead atoms. The van der Waals surface area contributed by atoms with Gasteiger partial charge in [0.2, 0.25) is 5.91 Å². The van der Waals surface area contributed by atoms with Gasteiger partial charge >= 0.3 is 5.97 Å².